The number of hydrogen-bond acceptors (Lipinski definition) is 2. The molecule has 2 aromatic carbocycles. The molecule has 0 bridgehead atoms. The zero-order valence-electron chi connectivity index (χ0n) is 24.2. The Bertz CT molecular complexity index is 1520. The van der Waals surface area contributed by atoms with Gasteiger partial charge in [0.2, 0.25) is 0 Å². The molecule has 0 unspecified atom stereocenters. The second kappa shape index (κ2) is 16.8. The Morgan fingerprint density at radius 1 is 0.500 bits per heavy atom. The van der Waals surface area contributed by atoms with Crippen molar-refractivity contribution in [3.05, 3.63) is 47.5 Å². The van der Waals surface area contributed by atoms with Gasteiger partial charge in [0.1, 0.15) is 0 Å². The van der Waals surface area contributed by atoms with Crippen molar-refractivity contribution < 1.29 is 0 Å². The minimum atomic E-state index is 0.952. The number of benzene rings is 2. The average Bonchev–Trinajstić information content (AvgIpc) is 3.50. The Morgan fingerprint density at radius 3 is 1.38 bits per heavy atom. The lowest BCUT2D eigenvalue weighted by molar-refractivity contribution is 0.614. The van der Waals surface area contributed by atoms with Gasteiger partial charge in [-0.1, -0.05) is 114 Å². The minimum absolute atomic E-state index is 0.952. The van der Waals surface area contributed by atoms with Crippen LogP contribution in [0.15, 0.2) is 36.4 Å². The van der Waals surface area contributed by atoms with Gasteiger partial charge in [0.25, 0.3) is 0 Å². The molecule has 2 aromatic heterocycles. The Hall–Kier alpha value is -3.14. The van der Waals surface area contributed by atoms with E-state index in [0.717, 1.165) is 24.0 Å². The molecule has 0 aliphatic carbocycles. The molecule has 0 fully saturated rings. The van der Waals surface area contributed by atoms with Gasteiger partial charge >= 0.3 is 0 Å². The predicted octanol–water partition coefficient (Wildman–Crippen LogP) is 11.5. The fraction of sp³-hybridized carbons (Fsp3) is 0.421. The van der Waals surface area contributed by atoms with Crippen molar-refractivity contribution in [3.8, 4) is 47.4 Å². The van der Waals surface area contributed by atoms with Gasteiger partial charge in [0.15, 0.2) is 0 Å². The zero-order valence-corrected chi connectivity index (χ0v) is 25.8. The maximum Gasteiger partial charge on any atom is 0.0542 e. The van der Waals surface area contributed by atoms with Crippen LogP contribution >= 0.6 is 22.7 Å². The molecule has 4 aromatic rings. The van der Waals surface area contributed by atoms with Crippen molar-refractivity contribution in [2.45, 2.75) is 104 Å². The van der Waals surface area contributed by atoms with Crippen molar-refractivity contribution in [2.24, 2.45) is 0 Å². The molecule has 4 rings (SSSR count). The van der Waals surface area contributed by atoms with E-state index in [1.165, 1.54) is 107 Å². The van der Waals surface area contributed by atoms with Crippen LogP contribution in [0.2, 0.25) is 0 Å². The Morgan fingerprint density at radius 2 is 0.925 bits per heavy atom. The van der Waals surface area contributed by atoms with Crippen LogP contribution in [0, 0.1) is 47.4 Å². The molecule has 0 radical (unpaired) electrons. The highest BCUT2D eigenvalue weighted by Gasteiger charge is 2.12. The first-order valence-electron chi connectivity index (χ1n) is 15.2. The molecule has 0 aliphatic heterocycles. The van der Waals surface area contributed by atoms with Gasteiger partial charge in [0, 0.05) is 44.1 Å². The van der Waals surface area contributed by atoms with Crippen molar-refractivity contribution in [1.29, 1.82) is 0 Å². The summed E-state index contributed by atoms with van der Waals surface area (Å²) in [6.07, 6.45) is 17.5. The molecule has 0 atom stereocenters. The van der Waals surface area contributed by atoms with E-state index in [1.807, 2.05) is 22.7 Å². The van der Waals surface area contributed by atoms with Crippen molar-refractivity contribution >= 4 is 52.2 Å². The van der Waals surface area contributed by atoms with Crippen LogP contribution in [0.1, 0.15) is 115 Å². The quantitative estimate of drug-likeness (QED) is 0.119. The van der Waals surface area contributed by atoms with Gasteiger partial charge in [0.05, 0.1) is 9.40 Å². The van der Waals surface area contributed by atoms with Crippen LogP contribution in [0.3, 0.4) is 0 Å². The predicted molar refractivity (Wildman–Crippen MR) is 180 cm³/mol. The van der Waals surface area contributed by atoms with Gasteiger partial charge in [-0.2, -0.15) is 0 Å². The summed E-state index contributed by atoms with van der Waals surface area (Å²) in [5.41, 5.74) is 2.07. The average molecular weight is 561 g/mol. The number of fused-ring (bicyclic) bond motifs is 5. The monoisotopic (exact) mass is 560 g/mol. The molecule has 2 heteroatoms. The van der Waals surface area contributed by atoms with Crippen LogP contribution in [0.4, 0.5) is 0 Å². The third-order valence-corrected chi connectivity index (χ3v) is 9.61. The molecule has 0 N–H and O–H groups in total. The summed E-state index contributed by atoms with van der Waals surface area (Å²) >= 11 is 3.72. The minimum Gasteiger partial charge on any atom is -0.134 e. The van der Waals surface area contributed by atoms with Crippen molar-refractivity contribution in [2.75, 3.05) is 0 Å². The van der Waals surface area contributed by atoms with Crippen LogP contribution < -0.4 is 0 Å². The topological polar surface area (TPSA) is 0 Å². The second-order valence-corrected chi connectivity index (χ2v) is 12.5. The molecule has 0 saturated carbocycles. The largest absolute Gasteiger partial charge is 0.134 e. The normalized spacial score (nSPS) is 10.3. The fourth-order valence-electron chi connectivity index (χ4n) is 4.82. The zero-order chi connectivity index (χ0) is 27.8. The molecule has 0 nitrogen and oxygen atoms in total. The lowest BCUT2D eigenvalue weighted by Crippen LogP contribution is -1.77. The second-order valence-electron chi connectivity index (χ2n) is 10.4. The molecular formula is C38H40S2. The maximum atomic E-state index is 3.24. The lowest BCUT2D eigenvalue weighted by Gasteiger charge is -1.96. The summed E-state index contributed by atoms with van der Waals surface area (Å²) in [7, 11) is 0. The van der Waals surface area contributed by atoms with Gasteiger partial charge in [-0.3, -0.25) is 0 Å². The smallest absolute Gasteiger partial charge is 0.0542 e. The summed E-state index contributed by atoms with van der Waals surface area (Å²) in [4.78, 5) is 0. The Kier molecular flexibility index (Phi) is 12.6. The van der Waals surface area contributed by atoms with E-state index in [0.29, 0.717) is 0 Å². The van der Waals surface area contributed by atoms with E-state index in [2.05, 4.69) is 97.6 Å². The molecule has 0 amide bonds. The van der Waals surface area contributed by atoms with E-state index >= 15 is 0 Å². The number of thiophene rings is 2. The highest BCUT2D eigenvalue weighted by Crippen LogP contribution is 2.44. The standard InChI is InChI=1S/C38H40S2/c1-3-5-7-9-11-13-15-17-19-21-23-31-25-27-33-35(29-31)39-38-34-28-26-32(30-36(34)40-37(33)38)24-22-20-18-16-14-12-10-8-6-4-2/h25-30H,3-16H2,1-2H3. The molecule has 40 heavy (non-hydrogen) atoms. The number of unbranched alkanes of at least 4 members (excludes halogenated alkanes) is 12. The van der Waals surface area contributed by atoms with Crippen LogP contribution in [-0.2, 0) is 0 Å². The van der Waals surface area contributed by atoms with E-state index in [4.69, 9.17) is 0 Å². The van der Waals surface area contributed by atoms with Crippen LogP contribution in [0.5, 0.6) is 0 Å². The maximum absolute atomic E-state index is 3.24. The van der Waals surface area contributed by atoms with E-state index < -0.39 is 0 Å². The number of rotatable bonds is 12. The molecule has 2 heterocycles. The SMILES string of the molecule is CCCCCCCCC#CC#Cc1ccc2c(c1)sc1c3ccc(C#CC#CCCCCCCCC)cc3sc21. The Labute approximate surface area is 250 Å². The van der Waals surface area contributed by atoms with Gasteiger partial charge < -0.3 is 0 Å². The van der Waals surface area contributed by atoms with E-state index in [-0.39, 0.29) is 0 Å². The molecule has 0 aliphatic rings. The summed E-state index contributed by atoms with van der Waals surface area (Å²) in [6.45, 7) is 4.51. The summed E-state index contributed by atoms with van der Waals surface area (Å²) in [5, 5.41) is 2.63. The first kappa shape index (κ1) is 29.8. The third kappa shape index (κ3) is 8.94. The fourth-order valence-corrected chi connectivity index (χ4v) is 7.55. The highest BCUT2D eigenvalue weighted by atomic mass is 32.1. The van der Waals surface area contributed by atoms with E-state index in [1.54, 1.807) is 0 Å². The molecule has 0 saturated heterocycles. The van der Waals surface area contributed by atoms with Crippen molar-refractivity contribution in [3.63, 3.8) is 0 Å². The first-order chi connectivity index (χ1) is 19.8. The summed E-state index contributed by atoms with van der Waals surface area (Å²) in [5.74, 6) is 25.1. The highest BCUT2D eigenvalue weighted by molar-refractivity contribution is 7.36. The summed E-state index contributed by atoms with van der Waals surface area (Å²) in [6, 6.07) is 13.1. The van der Waals surface area contributed by atoms with Crippen LogP contribution in [-0.4, -0.2) is 0 Å². The van der Waals surface area contributed by atoms with E-state index in [9.17, 15) is 0 Å². The molecule has 0 spiro atoms. The number of hydrogen-bond donors (Lipinski definition) is 0. The van der Waals surface area contributed by atoms with Gasteiger partial charge in [-0.15, -0.1) is 22.7 Å². The van der Waals surface area contributed by atoms with Crippen LogP contribution in [0.25, 0.3) is 29.6 Å². The molecular weight excluding hydrogens is 521 g/mol. The lowest BCUT2D eigenvalue weighted by atomic mass is 10.1. The molecule has 204 valence electrons. The summed E-state index contributed by atoms with van der Waals surface area (Å²) < 4.78 is 5.30. The third-order valence-electron chi connectivity index (χ3n) is 7.11. The van der Waals surface area contributed by atoms with Crippen molar-refractivity contribution in [1.82, 2.24) is 0 Å². The van der Waals surface area contributed by atoms with Gasteiger partial charge in [-0.05, 0) is 60.8 Å². The first-order valence-corrected chi connectivity index (χ1v) is 16.8. The Balaban J connectivity index is 1.35. The van der Waals surface area contributed by atoms with Gasteiger partial charge in [-0.25, -0.2) is 0 Å².